The molecule has 0 aromatic carbocycles. The van der Waals surface area contributed by atoms with Crippen molar-refractivity contribution in [1.82, 2.24) is 9.80 Å². The first-order valence-electron chi connectivity index (χ1n) is 6.18. The lowest BCUT2D eigenvalue weighted by Gasteiger charge is -2.22. The minimum absolute atomic E-state index is 0.955. The third-order valence-electron chi connectivity index (χ3n) is 3.87. The fourth-order valence-corrected chi connectivity index (χ4v) is 2.91. The Labute approximate surface area is 93.9 Å². The quantitative estimate of drug-likeness (QED) is 0.653. The van der Waals surface area contributed by atoms with Crippen LogP contribution in [0.15, 0.2) is 11.6 Å². The molecular weight excluding hydrogens is 184 g/mol. The first kappa shape index (κ1) is 11.2. The maximum absolute atomic E-state index is 2.65. The van der Waals surface area contributed by atoms with Crippen molar-refractivity contribution in [3.8, 4) is 0 Å². The second-order valence-corrected chi connectivity index (χ2v) is 5.57. The Kier molecular flexibility index (Phi) is 3.47. The zero-order chi connectivity index (χ0) is 10.8. The van der Waals surface area contributed by atoms with Gasteiger partial charge in [-0.3, -0.25) is 0 Å². The fraction of sp³-hybridized carbons (Fsp3) is 0.846. The number of likely N-dealkylation sites (tertiary alicyclic amines) is 1. The van der Waals surface area contributed by atoms with Crippen LogP contribution in [0.4, 0.5) is 0 Å². The van der Waals surface area contributed by atoms with Gasteiger partial charge in [-0.05, 0) is 45.7 Å². The average molecular weight is 208 g/mol. The van der Waals surface area contributed by atoms with Crippen LogP contribution in [-0.4, -0.2) is 50.1 Å². The van der Waals surface area contributed by atoms with E-state index in [4.69, 9.17) is 0 Å². The van der Waals surface area contributed by atoms with E-state index in [0.717, 1.165) is 11.8 Å². The molecule has 2 heteroatoms. The molecule has 2 nitrogen and oxygen atoms in total. The van der Waals surface area contributed by atoms with Crippen LogP contribution in [0.25, 0.3) is 0 Å². The molecule has 1 fully saturated rings. The summed E-state index contributed by atoms with van der Waals surface area (Å²) >= 11 is 0. The average Bonchev–Trinajstić information content (AvgIpc) is 2.56. The van der Waals surface area contributed by atoms with Gasteiger partial charge in [-0.1, -0.05) is 11.6 Å². The summed E-state index contributed by atoms with van der Waals surface area (Å²) in [7, 11) is 4.32. The predicted octanol–water partition coefficient (Wildman–Crippen LogP) is 1.84. The first-order valence-corrected chi connectivity index (χ1v) is 6.18. The molecule has 0 spiro atoms. The third-order valence-corrected chi connectivity index (χ3v) is 3.87. The van der Waals surface area contributed by atoms with Gasteiger partial charge in [-0.15, -0.1) is 0 Å². The topological polar surface area (TPSA) is 6.48 Å². The van der Waals surface area contributed by atoms with Crippen molar-refractivity contribution in [1.29, 1.82) is 0 Å². The highest BCUT2D eigenvalue weighted by molar-refractivity contribution is 5.08. The van der Waals surface area contributed by atoms with Crippen molar-refractivity contribution in [3.05, 3.63) is 11.6 Å². The van der Waals surface area contributed by atoms with Crippen molar-refractivity contribution in [2.45, 2.75) is 19.8 Å². The Morgan fingerprint density at radius 1 is 1.33 bits per heavy atom. The summed E-state index contributed by atoms with van der Waals surface area (Å²) in [6.45, 7) is 7.41. The van der Waals surface area contributed by atoms with E-state index in [1.165, 1.54) is 39.0 Å². The fourth-order valence-electron chi connectivity index (χ4n) is 2.91. The number of hydrogen-bond donors (Lipinski definition) is 0. The minimum Gasteiger partial charge on any atom is -0.308 e. The lowest BCUT2D eigenvalue weighted by atomic mass is 9.83. The van der Waals surface area contributed by atoms with Crippen LogP contribution >= 0.6 is 0 Å². The first-order chi connectivity index (χ1) is 7.15. The summed E-state index contributed by atoms with van der Waals surface area (Å²) in [5.74, 6) is 1.91. The zero-order valence-corrected chi connectivity index (χ0v) is 10.4. The van der Waals surface area contributed by atoms with Gasteiger partial charge in [-0.25, -0.2) is 0 Å². The van der Waals surface area contributed by atoms with Crippen molar-refractivity contribution in [2.75, 3.05) is 40.3 Å². The Morgan fingerprint density at radius 3 is 2.80 bits per heavy atom. The number of hydrogen-bond acceptors (Lipinski definition) is 2. The Balaban J connectivity index is 1.81. The summed E-state index contributed by atoms with van der Waals surface area (Å²) < 4.78 is 0. The van der Waals surface area contributed by atoms with E-state index in [9.17, 15) is 0 Å². The van der Waals surface area contributed by atoms with Crippen LogP contribution in [0.2, 0.25) is 0 Å². The molecule has 0 saturated carbocycles. The maximum Gasteiger partial charge on any atom is 0.0109 e. The predicted molar refractivity (Wildman–Crippen MR) is 65.0 cm³/mol. The smallest absolute Gasteiger partial charge is 0.0109 e. The van der Waals surface area contributed by atoms with Crippen LogP contribution < -0.4 is 0 Å². The van der Waals surface area contributed by atoms with Crippen molar-refractivity contribution in [2.24, 2.45) is 11.8 Å². The van der Waals surface area contributed by atoms with Crippen LogP contribution in [0.5, 0.6) is 0 Å². The largest absolute Gasteiger partial charge is 0.308 e. The second kappa shape index (κ2) is 4.67. The van der Waals surface area contributed by atoms with Gasteiger partial charge in [-0.2, -0.15) is 0 Å². The second-order valence-electron chi connectivity index (χ2n) is 5.57. The zero-order valence-electron chi connectivity index (χ0n) is 10.4. The summed E-state index contributed by atoms with van der Waals surface area (Å²) in [6, 6.07) is 0. The van der Waals surface area contributed by atoms with E-state index in [0.29, 0.717) is 0 Å². The molecule has 0 aromatic rings. The molecule has 1 saturated heterocycles. The van der Waals surface area contributed by atoms with Crippen LogP contribution in [0.1, 0.15) is 19.8 Å². The molecule has 0 bridgehead atoms. The maximum atomic E-state index is 2.65. The molecule has 0 radical (unpaired) electrons. The molecule has 0 unspecified atom stereocenters. The molecule has 0 N–H and O–H groups in total. The van der Waals surface area contributed by atoms with Crippen LogP contribution in [-0.2, 0) is 0 Å². The molecule has 1 aliphatic carbocycles. The summed E-state index contributed by atoms with van der Waals surface area (Å²) in [5.41, 5.74) is 1.62. The van der Waals surface area contributed by atoms with E-state index in [-0.39, 0.29) is 0 Å². The molecular formula is C13H24N2. The van der Waals surface area contributed by atoms with Gasteiger partial charge in [0.2, 0.25) is 0 Å². The molecule has 86 valence electrons. The molecule has 2 aliphatic rings. The number of allylic oxidation sites excluding steroid dienone is 2. The number of rotatable bonds is 3. The van der Waals surface area contributed by atoms with Crippen LogP contribution in [0, 0.1) is 11.8 Å². The van der Waals surface area contributed by atoms with Gasteiger partial charge in [0.05, 0.1) is 0 Å². The van der Waals surface area contributed by atoms with Crippen molar-refractivity contribution in [3.63, 3.8) is 0 Å². The van der Waals surface area contributed by atoms with Gasteiger partial charge in [0, 0.05) is 26.2 Å². The SMILES string of the molecule is CC1=CC[C@@H]2CN(CCN(C)C)C[C@@H]2C1. The molecule has 1 heterocycles. The summed E-state index contributed by atoms with van der Waals surface area (Å²) in [4.78, 5) is 4.94. The highest BCUT2D eigenvalue weighted by atomic mass is 15.2. The van der Waals surface area contributed by atoms with E-state index in [1.807, 2.05) is 0 Å². The number of likely N-dealkylation sites (N-methyl/N-ethyl adjacent to an activating group) is 1. The molecule has 2 atom stereocenters. The van der Waals surface area contributed by atoms with E-state index in [2.05, 4.69) is 36.9 Å². The van der Waals surface area contributed by atoms with Gasteiger partial charge >= 0.3 is 0 Å². The van der Waals surface area contributed by atoms with Gasteiger partial charge in [0.1, 0.15) is 0 Å². The molecule has 15 heavy (non-hydrogen) atoms. The van der Waals surface area contributed by atoms with Crippen molar-refractivity contribution < 1.29 is 0 Å². The third kappa shape index (κ3) is 2.82. The lowest BCUT2D eigenvalue weighted by molar-refractivity contribution is 0.273. The Morgan fingerprint density at radius 2 is 2.07 bits per heavy atom. The Bertz CT molecular complexity index is 245. The Hall–Kier alpha value is -0.340. The lowest BCUT2D eigenvalue weighted by Crippen LogP contribution is -2.30. The summed E-state index contributed by atoms with van der Waals surface area (Å²) in [5, 5.41) is 0. The van der Waals surface area contributed by atoms with Crippen molar-refractivity contribution >= 4 is 0 Å². The molecule has 1 aliphatic heterocycles. The number of fused-ring (bicyclic) bond motifs is 1. The summed E-state index contributed by atoms with van der Waals surface area (Å²) in [6.07, 6.45) is 5.13. The highest BCUT2D eigenvalue weighted by Gasteiger charge is 2.33. The minimum atomic E-state index is 0.955. The highest BCUT2D eigenvalue weighted by Crippen LogP contribution is 2.35. The van der Waals surface area contributed by atoms with E-state index < -0.39 is 0 Å². The normalized spacial score (nSPS) is 31.9. The van der Waals surface area contributed by atoms with Gasteiger partial charge in [0.15, 0.2) is 0 Å². The molecule has 0 aromatic heterocycles. The monoisotopic (exact) mass is 208 g/mol. The van der Waals surface area contributed by atoms with Crippen LogP contribution in [0.3, 0.4) is 0 Å². The molecule has 2 rings (SSSR count). The number of nitrogens with zero attached hydrogens (tertiary/aromatic N) is 2. The molecule has 0 amide bonds. The van der Waals surface area contributed by atoms with Gasteiger partial charge in [0.25, 0.3) is 0 Å². The van der Waals surface area contributed by atoms with E-state index >= 15 is 0 Å². The van der Waals surface area contributed by atoms with Gasteiger partial charge < -0.3 is 9.80 Å². The standard InChI is InChI=1S/C13H24N2/c1-11-4-5-12-9-15(7-6-14(2)3)10-13(12)8-11/h4,12-13H,5-10H2,1-3H3/t12-,13+/m1/s1. The van der Waals surface area contributed by atoms with E-state index in [1.54, 1.807) is 5.57 Å².